The van der Waals surface area contributed by atoms with Crippen molar-refractivity contribution >= 4 is 28.8 Å². The Balaban J connectivity index is 1.72. The molecule has 1 heterocycles. The van der Waals surface area contributed by atoms with Gasteiger partial charge in [-0.1, -0.05) is 24.3 Å². The average molecular weight is 364 g/mol. The number of hydrogen-bond acceptors (Lipinski definition) is 5. The van der Waals surface area contributed by atoms with E-state index in [1.54, 1.807) is 31.4 Å². The Morgan fingerprint density at radius 2 is 1.93 bits per heavy atom. The summed E-state index contributed by atoms with van der Waals surface area (Å²) in [6, 6.07) is 14.4. The van der Waals surface area contributed by atoms with E-state index in [1.807, 2.05) is 37.3 Å². The molecule has 3 aromatic rings. The summed E-state index contributed by atoms with van der Waals surface area (Å²) in [5.41, 5.74) is 6.54. The quantitative estimate of drug-likeness (QED) is 0.519. The zero-order valence-corrected chi connectivity index (χ0v) is 15.1. The lowest BCUT2D eigenvalue weighted by atomic mass is 10.2. The van der Waals surface area contributed by atoms with Gasteiger partial charge in [-0.15, -0.1) is 0 Å². The lowest BCUT2D eigenvalue weighted by molar-refractivity contribution is -0.116. The average Bonchev–Trinajstić information content (AvgIpc) is 2.71. The highest BCUT2D eigenvalue weighted by molar-refractivity contribution is 5.92. The smallest absolute Gasteiger partial charge is 0.262 e. The summed E-state index contributed by atoms with van der Waals surface area (Å²) in [7, 11) is 1.60. The van der Waals surface area contributed by atoms with Gasteiger partial charge in [-0.05, 0) is 42.8 Å². The van der Waals surface area contributed by atoms with Gasteiger partial charge < -0.3 is 4.74 Å². The summed E-state index contributed by atoms with van der Waals surface area (Å²) in [6.07, 6.45) is 3.07. The zero-order valence-electron chi connectivity index (χ0n) is 15.1. The molecule has 1 amide bonds. The van der Waals surface area contributed by atoms with Crippen molar-refractivity contribution in [1.82, 2.24) is 15.0 Å². The van der Waals surface area contributed by atoms with Gasteiger partial charge in [0.15, 0.2) is 0 Å². The van der Waals surface area contributed by atoms with Gasteiger partial charge in [0, 0.05) is 12.6 Å². The number of hydrogen-bond donors (Lipinski definition) is 2. The topological polar surface area (TPSA) is 85.2 Å². The summed E-state index contributed by atoms with van der Waals surface area (Å²) in [5.74, 6) is 0.668. The van der Waals surface area contributed by atoms with Crippen LogP contribution in [-0.4, -0.2) is 22.6 Å². The lowest BCUT2D eigenvalue weighted by Gasteiger charge is -2.13. The van der Waals surface area contributed by atoms with Crippen LogP contribution in [-0.2, 0) is 11.3 Å². The number of benzene rings is 2. The summed E-state index contributed by atoms with van der Waals surface area (Å²) in [6.45, 7) is 2.27. The van der Waals surface area contributed by atoms with E-state index in [0.717, 1.165) is 11.3 Å². The molecule has 0 aliphatic carbocycles. The molecule has 7 heteroatoms. The van der Waals surface area contributed by atoms with Crippen LogP contribution < -0.4 is 21.1 Å². The summed E-state index contributed by atoms with van der Waals surface area (Å²) >= 11 is 0. The van der Waals surface area contributed by atoms with E-state index < -0.39 is 0 Å². The second kappa shape index (κ2) is 8.18. The number of rotatable bonds is 6. The van der Waals surface area contributed by atoms with Gasteiger partial charge >= 0.3 is 0 Å². The van der Waals surface area contributed by atoms with E-state index in [9.17, 15) is 9.59 Å². The van der Waals surface area contributed by atoms with Gasteiger partial charge in [0.2, 0.25) is 5.95 Å². The summed E-state index contributed by atoms with van der Waals surface area (Å²) < 4.78 is 6.56. The molecule has 0 saturated carbocycles. The minimum atomic E-state index is -0.365. The van der Waals surface area contributed by atoms with Crippen molar-refractivity contribution < 1.29 is 9.53 Å². The molecule has 0 bridgehead atoms. The Morgan fingerprint density at radius 1 is 1.19 bits per heavy atom. The molecule has 3 rings (SSSR count). The highest BCUT2D eigenvalue weighted by atomic mass is 16.5. The van der Waals surface area contributed by atoms with Gasteiger partial charge in [-0.3, -0.25) is 25.0 Å². The third-order valence-corrected chi connectivity index (χ3v) is 4.02. The van der Waals surface area contributed by atoms with Crippen molar-refractivity contribution in [3.05, 3.63) is 70.5 Å². The molecule has 0 saturated heterocycles. The standard InChI is InChI=1S/C20H20N4O3/c1-3-24-19(26)16-6-4-5-7-17(16)21-20(24)23-22-18(25)13-10-14-8-11-15(27-2)12-9-14/h4-13H,3H2,1-2H3,(H,21,23)(H,22,25)/b13-10+. The van der Waals surface area contributed by atoms with E-state index in [0.29, 0.717) is 17.4 Å². The van der Waals surface area contributed by atoms with Crippen molar-refractivity contribution in [2.75, 3.05) is 12.5 Å². The SMILES string of the molecule is CCn1c(NNC(=O)/C=C/c2ccc(OC)cc2)nc2ccccc2c1=O. The van der Waals surface area contributed by atoms with Gasteiger partial charge in [-0.25, -0.2) is 4.98 Å². The highest BCUT2D eigenvalue weighted by Gasteiger charge is 2.09. The van der Waals surface area contributed by atoms with Gasteiger partial charge in [-0.2, -0.15) is 0 Å². The first-order valence-electron chi connectivity index (χ1n) is 8.50. The maximum atomic E-state index is 12.5. The Kier molecular flexibility index (Phi) is 5.51. The third-order valence-electron chi connectivity index (χ3n) is 4.02. The first-order valence-corrected chi connectivity index (χ1v) is 8.50. The zero-order chi connectivity index (χ0) is 19.2. The van der Waals surface area contributed by atoms with Crippen LogP contribution in [0.3, 0.4) is 0 Å². The Morgan fingerprint density at radius 3 is 2.63 bits per heavy atom. The number of hydrazine groups is 1. The first-order chi connectivity index (χ1) is 13.1. The molecule has 0 aliphatic heterocycles. The fraction of sp³-hybridized carbons (Fsp3) is 0.150. The van der Waals surface area contributed by atoms with Crippen molar-refractivity contribution in [2.45, 2.75) is 13.5 Å². The Hall–Kier alpha value is -3.61. The number of methoxy groups -OCH3 is 1. The van der Waals surface area contributed by atoms with Crippen molar-refractivity contribution in [3.63, 3.8) is 0 Å². The predicted octanol–water partition coefficient (Wildman–Crippen LogP) is 2.58. The fourth-order valence-corrected chi connectivity index (χ4v) is 2.60. The molecule has 0 radical (unpaired) electrons. The maximum Gasteiger partial charge on any atom is 0.262 e. The monoisotopic (exact) mass is 364 g/mol. The molecule has 138 valence electrons. The molecule has 7 nitrogen and oxygen atoms in total. The molecular formula is C20H20N4O3. The normalized spacial score (nSPS) is 10.9. The van der Waals surface area contributed by atoms with E-state index in [1.165, 1.54) is 10.6 Å². The number of carbonyl (C=O) groups excluding carboxylic acids is 1. The van der Waals surface area contributed by atoms with E-state index >= 15 is 0 Å². The molecule has 0 atom stereocenters. The van der Waals surface area contributed by atoms with Crippen LogP contribution in [0, 0.1) is 0 Å². The number of para-hydroxylation sites is 1. The number of carbonyl (C=O) groups is 1. The molecule has 0 spiro atoms. The van der Waals surface area contributed by atoms with Gasteiger partial charge in [0.05, 0.1) is 18.0 Å². The van der Waals surface area contributed by atoms with Crippen LogP contribution >= 0.6 is 0 Å². The molecular weight excluding hydrogens is 344 g/mol. The maximum absolute atomic E-state index is 12.5. The van der Waals surface area contributed by atoms with E-state index in [-0.39, 0.29) is 17.4 Å². The van der Waals surface area contributed by atoms with Crippen molar-refractivity contribution in [1.29, 1.82) is 0 Å². The molecule has 0 aliphatic rings. The molecule has 27 heavy (non-hydrogen) atoms. The van der Waals surface area contributed by atoms with Crippen LogP contribution in [0.5, 0.6) is 5.75 Å². The molecule has 2 aromatic carbocycles. The minimum Gasteiger partial charge on any atom is -0.497 e. The van der Waals surface area contributed by atoms with E-state index in [4.69, 9.17) is 4.74 Å². The molecule has 0 fully saturated rings. The number of nitrogens with one attached hydrogen (secondary N) is 2. The highest BCUT2D eigenvalue weighted by Crippen LogP contribution is 2.12. The van der Waals surface area contributed by atoms with Crippen LogP contribution in [0.2, 0.25) is 0 Å². The predicted molar refractivity (Wildman–Crippen MR) is 105 cm³/mol. The number of ether oxygens (including phenoxy) is 1. The largest absolute Gasteiger partial charge is 0.497 e. The van der Waals surface area contributed by atoms with E-state index in [2.05, 4.69) is 15.8 Å². The second-order valence-corrected chi connectivity index (χ2v) is 5.72. The molecule has 1 aromatic heterocycles. The second-order valence-electron chi connectivity index (χ2n) is 5.72. The lowest BCUT2D eigenvalue weighted by Crippen LogP contribution is -2.33. The summed E-state index contributed by atoms with van der Waals surface area (Å²) in [4.78, 5) is 29.0. The van der Waals surface area contributed by atoms with Crippen molar-refractivity contribution in [3.8, 4) is 5.75 Å². The Labute approximate surface area is 156 Å². The number of amides is 1. The van der Waals surface area contributed by atoms with Crippen LogP contribution in [0.4, 0.5) is 5.95 Å². The van der Waals surface area contributed by atoms with Crippen LogP contribution in [0.25, 0.3) is 17.0 Å². The van der Waals surface area contributed by atoms with Gasteiger partial charge in [0.25, 0.3) is 11.5 Å². The Bertz CT molecular complexity index is 1040. The van der Waals surface area contributed by atoms with Gasteiger partial charge in [0.1, 0.15) is 5.75 Å². The first kappa shape index (κ1) is 18.2. The number of aromatic nitrogens is 2. The molecule has 0 unspecified atom stereocenters. The number of fused-ring (bicyclic) bond motifs is 1. The number of nitrogens with zero attached hydrogens (tertiary/aromatic N) is 2. The van der Waals surface area contributed by atoms with Crippen LogP contribution in [0.1, 0.15) is 12.5 Å². The summed E-state index contributed by atoms with van der Waals surface area (Å²) in [5, 5.41) is 0.538. The molecule has 2 N–H and O–H groups in total. The fourth-order valence-electron chi connectivity index (χ4n) is 2.60. The van der Waals surface area contributed by atoms with Crippen LogP contribution in [0.15, 0.2) is 59.4 Å². The minimum absolute atomic E-state index is 0.159. The third kappa shape index (κ3) is 4.14. The van der Waals surface area contributed by atoms with Crippen molar-refractivity contribution in [2.24, 2.45) is 0 Å². The number of anilines is 1.